The third kappa shape index (κ3) is 4.14. The van der Waals surface area contributed by atoms with Crippen LogP contribution in [-0.2, 0) is 6.54 Å². The maximum Gasteiger partial charge on any atom is 0.234 e. The number of aromatic nitrogens is 2. The molecule has 176 valence electrons. The first kappa shape index (κ1) is 21.7. The molecule has 5 aromatic rings. The van der Waals surface area contributed by atoms with E-state index in [1.54, 1.807) is 7.11 Å². The second-order valence-corrected chi connectivity index (χ2v) is 9.70. The number of hydrogen-bond donors (Lipinski definition) is 0. The Balaban J connectivity index is 1.34. The van der Waals surface area contributed by atoms with E-state index in [-0.39, 0.29) is 11.8 Å². The van der Waals surface area contributed by atoms with Gasteiger partial charge in [-0.05, 0) is 71.3 Å². The first-order valence-corrected chi connectivity index (χ1v) is 12.6. The summed E-state index contributed by atoms with van der Waals surface area (Å²) >= 11 is 0. The van der Waals surface area contributed by atoms with Gasteiger partial charge in [-0.15, -0.1) is 0 Å². The molecule has 0 amide bonds. The number of carbonyl (C=O) groups excluding carboxylic acids is 1. The van der Waals surface area contributed by atoms with Gasteiger partial charge in [-0.1, -0.05) is 55.7 Å². The summed E-state index contributed by atoms with van der Waals surface area (Å²) in [5.41, 5.74) is 5.73. The number of nitrogens with zero attached hydrogens (tertiary/aromatic N) is 2. The highest BCUT2D eigenvalue weighted by Crippen LogP contribution is 2.31. The summed E-state index contributed by atoms with van der Waals surface area (Å²) in [6.45, 7) is 0.800. The Hall–Kier alpha value is -3.79. The van der Waals surface area contributed by atoms with Gasteiger partial charge < -0.3 is 9.30 Å². The molecule has 0 aliphatic heterocycles. The van der Waals surface area contributed by atoms with E-state index in [4.69, 9.17) is 4.74 Å². The van der Waals surface area contributed by atoms with Crippen LogP contribution in [0, 0.1) is 5.92 Å². The van der Waals surface area contributed by atoms with Crippen LogP contribution in [0.5, 0.6) is 5.75 Å². The van der Waals surface area contributed by atoms with E-state index in [9.17, 15) is 4.79 Å². The van der Waals surface area contributed by atoms with Crippen LogP contribution in [0.15, 0.2) is 85.2 Å². The lowest BCUT2D eigenvalue weighted by atomic mass is 9.88. The van der Waals surface area contributed by atoms with Crippen molar-refractivity contribution in [1.29, 1.82) is 0 Å². The topological polar surface area (TPSA) is 36.2 Å². The lowest BCUT2D eigenvalue weighted by molar-refractivity contribution is 0.0807. The standard InChI is InChI=1S/C31H30N2O2/c1-35-28-13-7-22(8-14-28)21-32-17-15-23-9-11-26(19-29(23)32)27-12-10-24-16-18-33(30(24)20-27)31(34)25-5-3-2-4-6-25/h7-20,25H,2-6,21H2,1H3. The van der Waals surface area contributed by atoms with Crippen molar-refractivity contribution >= 4 is 27.7 Å². The Kier molecular flexibility index (Phi) is 5.65. The van der Waals surface area contributed by atoms with Crippen LogP contribution in [0.3, 0.4) is 0 Å². The molecular weight excluding hydrogens is 432 g/mol. The van der Waals surface area contributed by atoms with Crippen molar-refractivity contribution in [2.75, 3.05) is 7.11 Å². The molecule has 0 saturated heterocycles. The van der Waals surface area contributed by atoms with E-state index >= 15 is 0 Å². The van der Waals surface area contributed by atoms with E-state index in [2.05, 4.69) is 71.4 Å². The summed E-state index contributed by atoms with van der Waals surface area (Å²) in [6.07, 6.45) is 9.71. The van der Waals surface area contributed by atoms with Crippen LogP contribution in [0.25, 0.3) is 32.9 Å². The van der Waals surface area contributed by atoms with Gasteiger partial charge in [0.15, 0.2) is 0 Å². The molecule has 1 saturated carbocycles. The zero-order valence-corrected chi connectivity index (χ0v) is 20.1. The van der Waals surface area contributed by atoms with Gasteiger partial charge in [0.25, 0.3) is 0 Å². The minimum atomic E-state index is 0.153. The molecule has 0 bridgehead atoms. The Morgan fingerprint density at radius 3 is 2.17 bits per heavy atom. The van der Waals surface area contributed by atoms with Crippen molar-refractivity contribution in [2.45, 2.75) is 38.6 Å². The maximum absolute atomic E-state index is 13.3. The zero-order valence-electron chi connectivity index (χ0n) is 20.1. The molecule has 0 atom stereocenters. The molecule has 2 aromatic heterocycles. The summed E-state index contributed by atoms with van der Waals surface area (Å²) in [7, 11) is 1.69. The summed E-state index contributed by atoms with van der Waals surface area (Å²) in [6, 6.07) is 25.6. The molecular formula is C31H30N2O2. The average molecular weight is 463 g/mol. The smallest absolute Gasteiger partial charge is 0.234 e. The minimum absolute atomic E-state index is 0.153. The summed E-state index contributed by atoms with van der Waals surface area (Å²) < 4.78 is 9.47. The van der Waals surface area contributed by atoms with Gasteiger partial charge in [0.05, 0.1) is 12.6 Å². The minimum Gasteiger partial charge on any atom is -0.497 e. The number of hydrogen-bond acceptors (Lipinski definition) is 2. The van der Waals surface area contributed by atoms with Gasteiger partial charge in [0, 0.05) is 35.8 Å². The molecule has 2 heterocycles. The summed E-state index contributed by atoms with van der Waals surface area (Å²) in [5.74, 6) is 1.27. The van der Waals surface area contributed by atoms with E-state index in [1.165, 1.54) is 22.9 Å². The third-order valence-electron chi connectivity index (χ3n) is 7.50. The van der Waals surface area contributed by atoms with Gasteiger partial charge in [-0.3, -0.25) is 9.36 Å². The third-order valence-corrected chi connectivity index (χ3v) is 7.50. The average Bonchev–Trinajstić information content (AvgIpc) is 3.52. The Bertz CT molecular complexity index is 1500. The lowest BCUT2D eigenvalue weighted by Gasteiger charge is -2.21. The van der Waals surface area contributed by atoms with Gasteiger partial charge in [-0.25, -0.2) is 0 Å². The Morgan fingerprint density at radius 1 is 0.800 bits per heavy atom. The maximum atomic E-state index is 13.3. The van der Waals surface area contributed by atoms with Crippen molar-refractivity contribution < 1.29 is 9.53 Å². The molecule has 1 aliphatic rings. The molecule has 4 heteroatoms. The van der Waals surface area contributed by atoms with E-state index in [0.717, 1.165) is 60.0 Å². The number of benzene rings is 3. The van der Waals surface area contributed by atoms with Crippen molar-refractivity contribution in [3.05, 3.63) is 90.8 Å². The van der Waals surface area contributed by atoms with Gasteiger partial charge in [-0.2, -0.15) is 0 Å². The monoisotopic (exact) mass is 462 g/mol. The van der Waals surface area contributed by atoms with E-state index < -0.39 is 0 Å². The van der Waals surface area contributed by atoms with Crippen LogP contribution in [0.4, 0.5) is 0 Å². The molecule has 0 radical (unpaired) electrons. The molecule has 35 heavy (non-hydrogen) atoms. The highest BCUT2D eigenvalue weighted by Gasteiger charge is 2.23. The largest absolute Gasteiger partial charge is 0.497 e. The summed E-state index contributed by atoms with van der Waals surface area (Å²) in [5, 5.41) is 2.33. The van der Waals surface area contributed by atoms with Gasteiger partial charge >= 0.3 is 0 Å². The highest BCUT2D eigenvalue weighted by atomic mass is 16.5. The highest BCUT2D eigenvalue weighted by molar-refractivity contribution is 5.96. The second kappa shape index (κ2) is 9.10. The number of ether oxygens (including phenoxy) is 1. The number of carbonyl (C=O) groups is 1. The normalized spacial score (nSPS) is 14.5. The first-order chi connectivity index (χ1) is 17.2. The Labute approximate surface area is 205 Å². The molecule has 0 unspecified atom stereocenters. The van der Waals surface area contributed by atoms with Crippen LogP contribution in [0.2, 0.25) is 0 Å². The number of rotatable bonds is 5. The second-order valence-electron chi connectivity index (χ2n) is 9.70. The molecule has 0 spiro atoms. The number of fused-ring (bicyclic) bond motifs is 2. The van der Waals surface area contributed by atoms with Crippen LogP contribution in [0.1, 0.15) is 42.5 Å². The molecule has 3 aromatic carbocycles. The van der Waals surface area contributed by atoms with Crippen molar-refractivity contribution in [3.8, 4) is 16.9 Å². The fourth-order valence-corrected chi connectivity index (χ4v) is 5.48. The van der Waals surface area contributed by atoms with Crippen LogP contribution in [-0.4, -0.2) is 22.2 Å². The Morgan fingerprint density at radius 2 is 1.46 bits per heavy atom. The lowest BCUT2D eigenvalue weighted by Crippen LogP contribution is -2.23. The van der Waals surface area contributed by atoms with E-state index in [1.807, 2.05) is 22.9 Å². The fourth-order valence-electron chi connectivity index (χ4n) is 5.48. The molecule has 4 nitrogen and oxygen atoms in total. The fraction of sp³-hybridized carbons (Fsp3) is 0.258. The van der Waals surface area contributed by atoms with E-state index in [0.29, 0.717) is 0 Å². The first-order valence-electron chi connectivity index (χ1n) is 12.6. The van der Waals surface area contributed by atoms with Crippen molar-refractivity contribution in [3.63, 3.8) is 0 Å². The molecule has 0 N–H and O–H groups in total. The SMILES string of the molecule is COc1ccc(Cn2ccc3ccc(-c4ccc5ccn(C(=O)C6CCCCC6)c5c4)cc32)cc1. The summed E-state index contributed by atoms with van der Waals surface area (Å²) in [4.78, 5) is 13.3. The quantitative estimate of drug-likeness (QED) is 0.270. The number of methoxy groups -OCH3 is 1. The molecule has 1 aliphatic carbocycles. The molecule has 1 fully saturated rings. The predicted octanol–water partition coefficient (Wildman–Crippen LogP) is 7.54. The van der Waals surface area contributed by atoms with Crippen molar-refractivity contribution in [1.82, 2.24) is 9.13 Å². The predicted molar refractivity (Wildman–Crippen MR) is 142 cm³/mol. The van der Waals surface area contributed by atoms with Crippen LogP contribution < -0.4 is 4.74 Å². The van der Waals surface area contributed by atoms with Gasteiger partial charge in [0.1, 0.15) is 5.75 Å². The van der Waals surface area contributed by atoms with Crippen LogP contribution >= 0.6 is 0 Å². The van der Waals surface area contributed by atoms with Gasteiger partial charge in [0.2, 0.25) is 5.91 Å². The zero-order chi connectivity index (χ0) is 23.8. The molecule has 6 rings (SSSR count). The van der Waals surface area contributed by atoms with Crippen molar-refractivity contribution in [2.24, 2.45) is 5.92 Å².